The molecule has 0 saturated heterocycles. The molecular formula is C10H18O4S. The molecule has 0 radical (unpaired) electrons. The molecule has 0 aromatic carbocycles. The summed E-state index contributed by atoms with van der Waals surface area (Å²) < 4.78 is 9.47. The van der Waals surface area contributed by atoms with Crippen molar-refractivity contribution < 1.29 is 19.1 Å². The fraction of sp³-hybridized carbons (Fsp3) is 0.800. The van der Waals surface area contributed by atoms with Gasteiger partial charge in [-0.2, -0.15) is 0 Å². The van der Waals surface area contributed by atoms with Crippen LogP contribution in [0.4, 0.5) is 0 Å². The van der Waals surface area contributed by atoms with Gasteiger partial charge >= 0.3 is 11.9 Å². The molecule has 0 aliphatic carbocycles. The summed E-state index contributed by atoms with van der Waals surface area (Å²) in [5, 5.41) is -0.325. The molecule has 0 rings (SSSR count). The number of carbonyl (C=O) groups excluding carboxylic acids is 2. The summed E-state index contributed by atoms with van der Waals surface area (Å²) in [6.07, 6.45) is 1.88. The molecule has 0 aliphatic heterocycles. The smallest absolute Gasteiger partial charge is 0.318 e. The lowest BCUT2D eigenvalue weighted by atomic mass is 10.4. The predicted molar refractivity (Wildman–Crippen MR) is 59.8 cm³/mol. The second kappa shape index (κ2) is 8.59. The molecule has 0 N–H and O–H groups in total. The molecule has 0 aromatic rings. The van der Waals surface area contributed by atoms with Gasteiger partial charge in [0.05, 0.1) is 19.5 Å². The molecule has 0 amide bonds. The average Bonchev–Trinajstić information content (AvgIpc) is 2.25. The molecule has 0 heterocycles. The Balaban J connectivity index is 3.57. The minimum Gasteiger partial charge on any atom is -0.468 e. The van der Waals surface area contributed by atoms with Crippen LogP contribution in [0.25, 0.3) is 0 Å². The van der Waals surface area contributed by atoms with Gasteiger partial charge in [0, 0.05) is 0 Å². The molecule has 5 heteroatoms. The predicted octanol–water partition coefficient (Wildman–Crippen LogP) is 1.62. The van der Waals surface area contributed by atoms with Gasteiger partial charge in [0.1, 0.15) is 5.25 Å². The largest absolute Gasteiger partial charge is 0.468 e. The number of hydrogen-bond acceptors (Lipinski definition) is 5. The van der Waals surface area contributed by atoms with Gasteiger partial charge in [-0.25, -0.2) is 0 Å². The monoisotopic (exact) mass is 234 g/mol. The van der Waals surface area contributed by atoms with E-state index < -0.39 is 0 Å². The SMILES string of the molecule is CCCCOC(=O)CSC(C)C(=O)OC. The van der Waals surface area contributed by atoms with Crippen LogP contribution in [0.5, 0.6) is 0 Å². The van der Waals surface area contributed by atoms with E-state index in [1.807, 2.05) is 6.92 Å². The first-order chi connectivity index (χ1) is 7.11. The van der Waals surface area contributed by atoms with E-state index in [1.165, 1.54) is 18.9 Å². The first-order valence-electron chi connectivity index (χ1n) is 4.96. The van der Waals surface area contributed by atoms with Crippen molar-refractivity contribution in [3.63, 3.8) is 0 Å². The number of methoxy groups -OCH3 is 1. The minimum atomic E-state index is -0.325. The van der Waals surface area contributed by atoms with E-state index in [2.05, 4.69) is 4.74 Å². The molecule has 0 fully saturated rings. The summed E-state index contributed by atoms with van der Waals surface area (Å²) in [6.45, 7) is 4.19. The zero-order valence-corrected chi connectivity index (χ0v) is 10.3. The van der Waals surface area contributed by atoms with Crippen molar-refractivity contribution >= 4 is 23.7 Å². The molecule has 1 atom stereocenters. The normalized spacial score (nSPS) is 11.9. The Labute approximate surface area is 94.7 Å². The topological polar surface area (TPSA) is 52.6 Å². The van der Waals surface area contributed by atoms with E-state index in [4.69, 9.17) is 4.74 Å². The highest BCUT2D eigenvalue weighted by atomic mass is 32.2. The van der Waals surface area contributed by atoms with Gasteiger partial charge in [0.25, 0.3) is 0 Å². The van der Waals surface area contributed by atoms with Crippen molar-refractivity contribution in [2.45, 2.75) is 31.9 Å². The van der Waals surface area contributed by atoms with Crippen LogP contribution in [0.1, 0.15) is 26.7 Å². The highest BCUT2D eigenvalue weighted by Gasteiger charge is 2.15. The molecule has 0 aliphatic rings. The van der Waals surface area contributed by atoms with Crippen LogP contribution in [-0.4, -0.2) is 36.7 Å². The maximum absolute atomic E-state index is 11.1. The summed E-state index contributed by atoms with van der Waals surface area (Å²) in [5.74, 6) is -0.398. The lowest BCUT2D eigenvalue weighted by Crippen LogP contribution is -2.18. The van der Waals surface area contributed by atoms with E-state index in [-0.39, 0.29) is 22.9 Å². The summed E-state index contributed by atoms with van der Waals surface area (Å²) >= 11 is 1.23. The van der Waals surface area contributed by atoms with Crippen molar-refractivity contribution in [1.29, 1.82) is 0 Å². The van der Waals surface area contributed by atoms with Gasteiger partial charge < -0.3 is 9.47 Å². The van der Waals surface area contributed by atoms with E-state index in [1.54, 1.807) is 6.92 Å². The maximum atomic E-state index is 11.1. The quantitative estimate of drug-likeness (QED) is 0.495. The van der Waals surface area contributed by atoms with Crippen LogP contribution in [-0.2, 0) is 19.1 Å². The Morgan fingerprint density at radius 3 is 2.60 bits per heavy atom. The fourth-order valence-corrected chi connectivity index (χ4v) is 1.50. The zero-order chi connectivity index (χ0) is 11.7. The molecule has 88 valence electrons. The number of ether oxygens (including phenoxy) is 2. The second-order valence-electron chi connectivity index (χ2n) is 3.05. The number of carbonyl (C=O) groups is 2. The van der Waals surface area contributed by atoms with Crippen LogP contribution < -0.4 is 0 Å². The molecule has 0 saturated carbocycles. The van der Waals surface area contributed by atoms with E-state index >= 15 is 0 Å². The Morgan fingerprint density at radius 1 is 1.40 bits per heavy atom. The van der Waals surface area contributed by atoms with Gasteiger partial charge in [-0.1, -0.05) is 13.3 Å². The van der Waals surface area contributed by atoms with Crippen LogP contribution in [0.15, 0.2) is 0 Å². The third-order valence-electron chi connectivity index (χ3n) is 1.75. The van der Waals surface area contributed by atoms with Crippen molar-refractivity contribution in [2.75, 3.05) is 19.5 Å². The van der Waals surface area contributed by atoms with E-state index in [0.717, 1.165) is 12.8 Å². The first kappa shape index (κ1) is 14.3. The van der Waals surface area contributed by atoms with Crippen LogP contribution >= 0.6 is 11.8 Å². The highest BCUT2D eigenvalue weighted by molar-refractivity contribution is 8.01. The van der Waals surface area contributed by atoms with Gasteiger partial charge in [-0.05, 0) is 13.3 Å². The third-order valence-corrected chi connectivity index (χ3v) is 2.84. The summed E-state index contributed by atoms with van der Waals surface area (Å²) in [6, 6.07) is 0. The number of hydrogen-bond donors (Lipinski definition) is 0. The van der Waals surface area contributed by atoms with Crippen molar-refractivity contribution in [2.24, 2.45) is 0 Å². The van der Waals surface area contributed by atoms with Gasteiger partial charge in [-0.3, -0.25) is 9.59 Å². The molecule has 0 spiro atoms. The summed E-state index contributed by atoms with van der Waals surface area (Å²) in [7, 11) is 1.33. The van der Waals surface area contributed by atoms with Gasteiger partial charge in [0.15, 0.2) is 0 Å². The van der Waals surface area contributed by atoms with Crippen molar-refractivity contribution in [1.82, 2.24) is 0 Å². The molecule has 0 aromatic heterocycles. The Morgan fingerprint density at radius 2 is 2.07 bits per heavy atom. The Kier molecular flexibility index (Phi) is 8.18. The lowest BCUT2D eigenvalue weighted by molar-refractivity contribution is -0.140. The average molecular weight is 234 g/mol. The van der Waals surface area contributed by atoms with E-state index in [9.17, 15) is 9.59 Å². The zero-order valence-electron chi connectivity index (χ0n) is 9.45. The Hall–Kier alpha value is -0.710. The number of esters is 2. The third kappa shape index (κ3) is 7.25. The second-order valence-corrected chi connectivity index (χ2v) is 4.38. The van der Waals surface area contributed by atoms with E-state index in [0.29, 0.717) is 6.61 Å². The lowest BCUT2D eigenvalue weighted by Gasteiger charge is -2.08. The van der Waals surface area contributed by atoms with Crippen molar-refractivity contribution in [3.05, 3.63) is 0 Å². The summed E-state index contributed by atoms with van der Waals surface area (Å²) in [5.41, 5.74) is 0. The molecular weight excluding hydrogens is 216 g/mol. The molecule has 15 heavy (non-hydrogen) atoms. The number of thioether (sulfide) groups is 1. The standard InChI is InChI=1S/C10H18O4S/c1-4-5-6-14-9(11)7-15-8(2)10(12)13-3/h8H,4-7H2,1-3H3. The molecule has 0 bridgehead atoms. The van der Waals surface area contributed by atoms with Crippen molar-refractivity contribution in [3.8, 4) is 0 Å². The molecule has 1 unspecified atom stereocenters. The fourth-order valence-electron chi connectivity index (χ4n) is 0.799. The number of unbranched alkanes of at least 4 members (excludes halogenated alkanes) is 1. The maximum Gasteiger partial charge on any atom is 0.318 e. The van der Waals surface area contributed by atoms with Crippen LogP contribution in [0.2, 0.25) is 0 Å². The molecule has 4 nitrogen and oxygen atoms in total. The van der Waals surface area contributed by atoms with Crippen LogP contribution in [0.3, 0.4) is 0 Å². The van der Waals surface area contributed by atoms with Gasteiger partial charge in [-0.15, -0.1) is 11.8 Å². The minimum absolute atomic E-state index is 0.194. The van der Waals surface area contributed by atoms with Crippen LogP contribution in [0, 0.1) is 0 Å². The Bertz CT molecular complexity index is 206. The highest BCUT2D eigenvalue weighted by Crippen LogP contribution is 2.11. The summed E-state index contributed by atoms with van der Waals surface area (Å²) in [4.78, 5) is 22.1. The van der Waals surface area contributed by atoms with Gasteiger partial charge in [0.2, 0.25) is 0 Å². The first-order valence-corrected chi connectivity index (χ1v) is 6.01. The number of rotatable bonds is 7.